The fraction of sp³-hybridized carbons (Fsp3) is 0.381. The summed E-state index contributed by atoms with van der Waals surface area (Å²) in [4.78, 5) is 5.05. The molecule has 3 rings (SSSR count). The summed E-state index contributed by atoms with van der Waals surface area (Å²) in [7, 11) is -3.52. The Hall–Kier alpha value is -1.54. The summed E-state index contributed by atoms with van der Waals surface area (Å²) < 4.78 is 29.4. The summed E-state index contributed by atoms with van der Waals surface area (Å²) in [5.41, 5.74) is 2.67. The molecule has 0 saturated heterocycles. The van der Waals surface area contributed by atoms with E-state index in [0.717, 1.165) is 21.3 Å². The van der Waals surface area contributed by atoms with E-state index in [2.05, 4.69) is 18.4 Å². The van der Waals surface area contributed by atoms with E-state index >= 15 is 0 Å². The quantitative estimate of drug-likeness (QED) is 0.418. The van der Waals surface area contributed by atoms with Crippen molar-refractivity contribution in [3.8, 4) is 0 Å². The van der Waals surface area contributed by atoms with Gasteiger partial charge in [0.15, 0.2) is 5.16 Å². The second kappa shape index (κ2) is 9.08. The highest BCUT2D eigenvalue weighted by molar-refractivity contribution is 7.98. The van der Waals surface area contributed by atoms with Gasteiger partial charge in [0.05, 0.1) is 15.9 Å². The Bertz CT molecular complexity index is 1110. The van der Waals surface area contributed by atoms with Crippen LogP contribution in [0.25, 0.3) is 11.0 Å². The molecule has 1 aromatic heterocycles. The smallest absolute Gasteiger partial charge is 0.243 e. The van der Waals surface area contributed by atoms with E-state index in [4.69, 9.17) is 16.6 Å². The van der Waals surface area contributed by atoms with E-state index in [1.807, 2.05) is 44.2 Å². The van der Waals surface area contributed by atoms with Gasteiger partial charge in [0.1, 0.15) is 0 Å². The van der Waals surface area contributed by atoms with E-state index in [9.17, 15) is 8.42 Å². The van der Waals surface area contributed by atoms with Crippen molar-refractivity contribution in [1.29, 1.82) is 0 Å². The summed E-state index contributed by atoms with van der Waals surface area (Å²) in [5.74, 6) is 0.695. The van der Waals surface area contributed by atoms with Gasteiger partial charge < -0.3 is 4.57 Å². The molecule has 0 N–H and O–H groups in total. The van der Waals surface area contributed by atoms with E-state index in [0.29, 0.717) is 24.4 Å². The van der Waals surface area contributed by atoms with Gasteiger partial charge in [0.25, 0.3) is 0 Å². The van der Waals surface area contributed by atoms with Gasteiger partial charge in [-0.05, 0) is 43.7 Å². The Morgan fingerprint density at radius 3 is 2.45 bits per heavy atom. The molecule has 8 heteroatoms. The molecule has 2 aromatic carbocycles. The van der Waals surface area contributed by atoms with Crippen molar-refractivity contribution >= 4 is 44.4 Å². The fourth-order valence-corrected chi connectivity index (χ4v) is 6.20. The first-order valence-corrected chi connectivity index (χ1v) is 12.5. The van der Waals surface area contributed by atoms with Crippen LogP contribution >= 0.6 is 23.4 Å². The zero-order valence-corrected chi connectivity index (χ0v) is 19.5. The zero-order chi connectivity index (χ0) is 21.2. The van der Waals surface area contributed by atoms with Gasteiger partial charge >= 0.3 is 0 Å². The number of aromatic nitrogens is 2. The lowest BCUT2D eigenvalue weighted by Crippen LogP contribution is -2.30. The van der Waals surface area contributed by atoms with Gasteiger partial charge in [-0.2, -0.15) is 4.31 Å². The van der Waals surface area contributed by atoms with Crippen molar-refractivity contribution < 1.29 is 8.42 Å². The minimum absolute atomic E-state index is 0.194. The number of rotatable bonds is 8. The van der Waals surface area contributed by atoms with Gasteiger partial charge in [-0.1, -0.05) is 55.4 Å². The first-order valence-electron chi connectivity index (χ1n) is 9.67. The maximum absolute atomic E-state index is 12.9. The largest absolute Gasteiger partial charge is 0.316 e. The molecule has 0 saturated carbocycles. The first kappa shape index (κ1) is 22.2. The van der Waals surface area contributed by atoms with Crippen LogP contribution in [0, 0.1) is 0 Å². The summed E-state index contributed by atoms with van der Waals surface area (Å²) in [6.45, 7) is 8.77. The molecule has 0 aliphatic heterocycles. The first-order chi connectivity index (χ1) is 13.8. The Balaban J connectivity index is 2.01. The third-order valence-corrected chi connectivity index (χ3v) is 8.22. The number of sulfonamides is 1. The van der Waals surface area contributed by atoms with E-state index < -0.39 is 10.0 Å². The highest BCUT2D eigenvalue weighted by atomic mass is 35.5. The number of fused-ring (bicyclic) bond motifs is 1. The zero-order valence-electron chi connectivity index (χ0n) is 17.1. The van der Waals surface area contributed by atoms with Gasteiger partial charge in [-0.15, -0.1) is 0 Å². The summed E-state index contributed by atoms with van der Waals surface area (Å²) >= 11 is 7.89. The predicted molar refractivity (Wildman–Crippen MR) is 121 cm³/mol. The van der Waals surface area contributed by atoms with Crippen molar-refractivity contribution in [3.63, 3.8) is 0 Å². The maximum atomic E-state index is 12.9. The molecule has 29 heavy (non-hydrogen) atoms. The van der Waals surface area contributed by atoms with Crippen LogP contribution in [0.3, 0.4) is 0 Å². The summed E-state index contributed by atoms with van der Waals surface area (Å²) in [6, 6.07) is 13.2. The fourth-order valence-electron chi connectivity index (χ4n) is 3.29. The normalized spacial score (nSPS) is 12.4. The molecular formula is C21H26ClN3O2S2. The molecule has 0 radical (unpaired) electrons. The van der Waals surface area contributed by atoms with Crippen molar-refractivity contribution in [2.75, 3.05) is 13.1 Å². The Morgan fingerprint density at radius 1 is 1.14 bits per heavy atom. The molecule has 0 fully saturated rings. The van der Waals surface area contributed by atoms with Crippen LogP contribution in [0.2, 0.25) is 5.02 Å². The Kier molecular flexibility index (Phi) is 6.94. The second-order valence-corrected chi connectivity index (χ2v) is 10.3. The number of nitrogens with zero attached hydrogens (tertiary/aromatic N) is 3. The topological polar surface area (TPSA) is 55.2 Å². The van der Waals surface area contributed by atoms with Gasteiger partial charge in [-0.25, -0.2) is 13.4 Å². The molecule has 3 aromatic rings. The van der Waals surface area contributed by atoms with Crippen LogP contribution < -0.4 is 0 Å². The SMILES string of the molecule is CCN(CC)S(=O)(=O)c1ccc2c(c1)nc(SCc1ccccc1Cl)n2C(C)C. The van der Waals surface area contributed by atoms with Crippen LogP contribution in [0.5, 0.6) is 0 Å². The third-order valence-electron chi connectivity index (χ3n) is 4.80. The van der Waals surface area contributed by atoms with Crippen molar-refractivity contribution in [2.45, 2.75) is 49.5 Å². The Morgan fingerprint density at radius 2 is 1.83 bits per heavy atom. The number of thioether (sulfide) groups is 1. The third kappa shape index (κ3) is 4.48. The minimum atomic E-state index is -3.52. The van der Waals surface area contributed by atoms with Gasteiger partial charge in [-0.3, -0.25) is 0 Å². The molecule has 0 unspecified atom stereocenters. The lowest BCUT2D eigenvalue weighted by atomic mass is 10.2. The standard InChI is InChI=1S/C21H26ClN3O2S2/c1-5-24(6-2)29(26,27)17-11-12-20-19(13-17)23-21(25(20)15(3)4)28-14-16-9-7-8-10-18(16)22/h7-13,15H,5-6,14H2,1-4H3. The molecule has 1 heterocycles. The molecule has 0 aliphatic carbocycles. The van der Waals surface area contributed by atoms with Crippen LogP contribution in [-0.4, -0.2) is 35.4 Å². The van der Waals surface area contributed by atoms with Crippen molar-refractivity contribution in [2.24, 2.45) is 0 Å². The van der Waals surface area contributed by atoms with Crippen LogP contribution in [-0.2, 0) is 15.8 Å². The highest BCUT2D eigenvalue weighted by Crippen LogP contribution is 2.32. The predicted octanol–water partition coefficient (Wildman–Crippen LogP) is 5.59. The molecule has 0 aliphatic rings. The van der Waals surface area contributed by atoms with E-state index in [-0.39, 0.29) is 10.9 Å². The molecule has 0 spiro atoms. The number of imidazole rings is 1. The van der Waals surface area contributed by atoms with E-state index in [1.165, 1.54) is 4.31 Å². The Labute approximate surface area is 182 Å². The summed E-state index contributed by atoms with van der Waals surface area (Å²) in [5, 5.41) is 1.59. The van der Waals surface area contributed by atoms with E-state index in [1.54, 1.807) is 23.9 Å². The van der Waals surface area contributed by atoms with Crippen molar-refractivity contribution in [1.82, 2.24) is 13.9 Å². The number of hydrogen-bond acceptors (Lipinski definition) is 4. The van der Waals surface area contributed by atoms with Crippen molar-refractivity contribution in [3.05, 3.63) is 53.1 Å². The van der Waals surface area contributed by atoms with Crippen LogP contribution in [0.15, 0.2) is 52.5 Å². The van der Waals surface area contributed by atoms with Crippen LogP contribution in [0.4, 0.5) is 0 Å². The monoisotopic (exact) mass is 451 g/mol. The molecule has 0 amide bonds. The molecule has 0 atom stereocenters. The summed E-state index contributed by atoms with van der Waals surface area (Å²) in [6.07, 6.45) is 0. The molecule has 0 bridgehead atoms. The average Bonchev–Trinajstić information content (AvgIpc) is 3.06. The molecular weight excluding hydrogens is 426 g/mol. The second-order valence-electron chi connectivity index (χ2n) is 6.98. The minimum Gasteiger partial charge on any atom is -0.316 e. The number of hydrogen-bond donors (Lipinski definition) is 0. The number of benzene rings is 2. The lowest BCUT2D eigenvalue weighted by molar-refractivity contribution is 0.445. The van der Waals surface area contributed by atoms with Gasteiger partial charge in [0, 0.05) is 29.9 Å². The molecule has 156 valence electrons. The average molecular weight is 452 g/mol. The van der Waals surface area contributed by atoms with Gasteiger partial charge in [0.2, 0.25) is 10.0 Å². The highest BCUT2D eigenvalue weighted by Gasteiger charge is 2.23. The lowest BCUT2D eigenvalue weighted by Gasteiger charge is -2.18. The maximum Gasteiger partial charge on any atom is 0.243 e. The van der Waals surface area contributed by atoms with Crippen LogP contribution in [0.1, 0.15) is 39.3 Å². The molecule has 5 nitrogen and oxygen atoms in total. The number of halogens is 1.